The zero-order chi connectivity index (χ0) is 9.42. The molecule has 0 radical (unpaired) electrons. The predicted molar refractivity (Wildman–Crippen MR) is 48.4 cm³/mol. The van der Waals surface area contributed by atoms with Gasteiger partial charge in [-0.2, -0.15) is 0 Å². The van der Waals surface area contributed by atoms with Crippen LogP contribution in [-0.4, -0.2) is 4.92 Å². The quantitative estimate of drug-likeness (QED) is 0.526. The Morgan fingerprint density at radius 2 is 2.38 bits per heavy atom. The van der Waals surface area contributed by atoms with Crippen molar-refractivity contribution in [3.05, 3.63) is 39.4 Å². The first-order chi connectivity index (χ1) is 6.18. The second kappa shape index (κ2) is 2.81. The average molecular weight is 178 g/mol. The van der Waals surface area contributed by atoms with E-state index >= 15 is 0 Å². The van der Waals surface area contributed by atoms with Gasteiger partial charge in [0, 0.05) is 24.7 Å². The van der Waals surface area contributed by atoms with E-state index in [2.05, 4.69) is 12.2 Å². The largest absolute Gasteiger partial charge is 0.306 e. The van der Waals surface area contributed by atoms with Gasteiger partial charge in [-0.15, -0.1) is 0 Å². The van der Waals surface area contributed by atoms with Gasteiger partial charge in [-0.05, 0) is 18.1 Å². The smallest absolute Gasteiger partial charge is 0.269 e. The van der Waals surface area contributed by atoms with Gasteiger partial charge in [0.1, 0.15) is 0 Å². The van der Waals surface area contributed by atoms with Gasteiger partial charge in [-0.3, -0.25) is 10.1 Å². The summed E-state index contributed by atoms with van der Waals surface area (Å²) in [5.74, 6) is 0. The first-order valence-electron chi connectivity index (χ1n) is 4.19. The van der Waals surface area contributed by atoms with Crippen molar-refractivity contribution in [2.75, 3.05) is 0 Å². The number of benzene rings is 1. The molecule has 68 valence electrons. The zero-order valence-corrected chi connectivity index (χ0v) is 7.28. The van der Waals surface area contributed by atoms with Crippen molar-refractivity contribution in [2.45, 2.75) is 19.5 Å². The molecule has 0 bridgehead atoms. The fourth-order valence-corrected chi connectivity index (χ4v) is 1.65. The number of nitro benzene ring substituents is 1. The van der Waals surface area contributed by atoms with Crippen molar-refractivity contribution in [1.82, 2.24) is 5.32 Å². The Morgan fingerprint density at radius 1 is 1.62 bits per heavy atom. The highest BCUT2D eigenvalue weighted by Gasteiger charge is 2.19. The van der Waals surface area contributed by atoms with E-state index in [1.165, 1.54) is 5.56 Å². The second-order valence-electron chi connectivity index (χ2n) is 3.24. The predicted octanol–water partition coefficient (Wildman–Crippen LogP) is 1.76. The maximum Gasteiger partial charge on any atom is 0.269 e. The van der Waals surface area contributed by atoms with Crippen LogP contribution in [0.25, 0.3) is 0 Å². The van der Waals surface area contributed by atoms with Crippen molar-refractivity contribution >= 4 is 5.69 Å². The van der Waals surface area contributed by atoms with Gasteiger partial charge in [0.15, 0.2) is 0 Å². The minimum atomic E-state index is -0.358. The lowest BCUT2D eigenvalue weighted by Crippen LogP contribution is -2.06. The summed E-state index contributed by atoms with van der Waals surface area (Å²) in [4.78, 5) is 10.1. The molecule has 0 amide bonds. The number of hydrogen-bond acceptors (Lipinski definition) is 3. The highest BCUT2D eigenvalue weighted by Crippen LogP contribution is 2.27. The number of fused-ring (bicyclic) bond motifs is 1. The van der Waals surface area contributed by atoms with E-state index in [0.29, 0.717) is 6.04 Å². The van der Waals surface area contributed by atoms with Crippen LogP contribution in [0.3, 0.4) is 0 Å². The molecule has 1 aromatic carbocycles. The molecule has 1 atom stereocenters. The molecule has 1 aromatic rings. The van der Waals surface area contributed by atoms with Crippen molar-refractivity contribution in [2.24, 2.45) is 0 Å². The van der Waals surface area contributed by atoms with Crippen molar-refractivity contribution in [1.29, 1.82) is 0 Å². The van der Waals surface area contributed by atoms with Crippen LogP contribution in [-0.2, 0) is 6.54 Å². The van der Waals surface area contributed by atoms with E-state index in [-0.39, 0.29) is 10.6 Å². The van der Waals surface area contributed by atoms with Crippen molar-refractivity contribution in [3.63, 3.8) is 0 Å². The van der Waals surface area contributed by atoms with Crippen LogP contribution in [0.15, 0.2) is 18.2 Å². The molecule has 2 rings (SSSR count). The molecule has 0 unspecified atom stereocenters. The Morgan fingerprint density at radius 3 is 3.08 bits per heavy atom. The van der Waals surface area contributed by atoms with Crippen molar-refractivity contribution in [3.8, 4) is 0 Å². The lowest BCUT2D eigenvalue weighted by atomic mass is 10.1. The summed E-state index contributed by atoms with van der Waals surface area (Å²) >= 11 is 0. The third-order valence-corrected chi connectivity index (χ3v) is 2.40. The summed E-state index contributed by atoms with van der Waals surface area (Å²) in [6.07, 6.45) is 0. The molecular weight excluding hydrogens is 168 g/mol. The molecule has 0 aromatic heterocycles. The molecular formula is C9H10N2O2. The third-order valence-electron chi connectivity index (χ3n) is 2.40. The topological polar surface area (TPSA) is 55.2 Å². The second-order valence-corrected chi connectivity index (χ2v) is 3.24. The molecule has 1 aliphatic rings. The molecule has 0 saturated carbocycles. The van der Waals surface area contributed by atoms with Gasteiger partial charge < -0.3 is 5.32 Å². The summed E-state index contributed by atoms with van der Waals surface area (Å²) < 4.78 is 0. The van der Waals surface area contributed by atoms with E-state index in [9.17, 15) is 10.1 Å². The number of nitrogens with zero attached hydrogens (tertiary/aromatic N) is 1. The van der Waals surface area contributed by atoms with Gasteiger partial charge >= 0.3 is 0 Å². The van der Waals surface area contributed by atoms with Crippen molar-refractivity contribution < 1.29 is 4.92 Å². The SMILES string of the molecule is C[C@@H]1NCc2cc([N+](=O)[O-])ccc21. The van der Waals surface area contributed by atoms with E-state index in [0.717, 1.165) is 12.1 Å². The number of non-ortho nitro benzene ring substituents is 1. The fraction of sp³-hybridized carbons (Fsp3) is 0.333. The molecule has 0 spiro atoms. The summed E-state index contributed by atoms with van der Waals surface area (Å²) in [7, 11) is 0. The Labute approximate surface area is 75.7 Å². The molecule has 0 fully saturated rings. The lowest BCUT2D eigenvalue weighted by molar-refractivity contribution is -0.384. The van der Waals surface area contributed by atoms with Crippen LogP contribution in [0.5, 0.6) is 0 Å². The van der Waals surface area contributed by atoms with E-state index in [1.807, 2.05) is 6.07 Å². The normalized spacial score (nSPS) is 19.9. The highest BCUT2D eigenvalue weighted by atomic mass is 16.6. The number of rotatable bonds is 1. The summed E-state index contributed by atoms with van der Waals surface area (Å²) in [6, 6.07) is 5.35. The van der Waals surface area contributed by atoms with Crippen LogP contribution < -0.4 is 5.32 Å². The number of nitrogens with one attached hydrogen (secondary N) is 1. The van der Waals surface area contributed by atoms with Crippen LogP contribution >= 0.6 is 0 Å². The van der Waals surface area contributed by atoms with Crippen LogP contribution in [0.4, 0.5) is 5.69 Å². The maximum absolute atomic E-state index is 10.5. The third kappa shape index (κ3) is 1.29. The molecule has 0 aliphatic carbocycles. The Balaban J connectivity index is 2.45. The van der Waals surface area contributed by atoms with Crippen LogP contribution in [0, 0.1) is 10.1 Å². The monoisotopic (exact) mass is 178 g/mol. The number of hydrogen-bond donors (Lipinski definition) is 1. The van der Waals surface area contributed by atoms with Gasteiger partial charge in [0.25, 0.3) is 5.69 Å². The first kappa shape index (κ1) is 8.19. The summed E-state index contributed by atoms with van der Waals surface area (Å²) in [6.45, 7) is 2.79. The Hall–Kier alpha value is -1.42. The summed E-state index contributed by atoms with van der Waals surface area (Å²) in [5, 5.41) is 13.7. The molecule has 4 heteroatoms. The van der Waals surface area contributed by atoms with Gasteiger partial charge in [0.2, 0.25) is 0 Å². The molecule has 1 heterocycles. The van der Waals surface area contributed by atoms with Gasteiger partial charge in [-0.25, -0.2) is 0 Å². The Bertz CT molecular complexity index is 363. The molecule has 0 saturated heterocycles. The van der Waals surface area contributed by atoms with E-state index in [4.69, 9.17) is 0 Å². The zero-order valence-electron chi connectivity index (χ0n) is 7.28. The van der Waals surface area contributed by atoms with Crippen LogP contribution in [0.1, 0.15) is 24.1 Å². The average Bonchev–Trinajstić information content (AvgIpc) is 2.47. The number of nitro groups is 1. The molecule has 13 heavy (non-hydrogen) atoms. The van der Waals surface area contributed by atoms with Crippen LogP contribution in [0.2, 0.25) is 0 Å². The standard InChI is InChI=1S/C9H10N2O2/c1-6-9-3-2-8(11(12)13)4-7(9)5-10-6/h2-4,6,10H,5H2,1H3/t6-/m0/s1. The van der Waals surface area contributed by atoms with E-state index < -0.39 is 0 Å². The minimum Gasteiger partial charge on any atom is -0.306 e. The first-order valence-corrected chi connectivity index (χ1v) is 4.19. The maximum atomic E-state index is 10.5. The van der Waals surface area contributed by atoms with Gasteiger partial charge in [0.05, 0.1) is 4.92 Å². The van der Waals surface area contributed by atoms with Gasteiger partial charge in [-0.1, -0.05) is 6.07 Å². The lowest BCUT2D eigenvalue weighted by Gasteiger charge is -2.02. The Kier molecular flexibility index (Phi) is 1.77. The summed E-state index contributed by atoms with van der Waals surface area (Å²) in [5.41, 5.74) is 2.39. The fourth-order valence-electron chi connectivity index (χ4n) is 1.65. The molecule has 4 nitrogen and oxygen atoms in total. The minimum absolute atomic E-state index is 0.176. The molecule has 1 N–H and O–H groups in total. The van der Waals surface area contributed by atoms with E-state index in [1.54, 1.807) is 12.1 Å². The highest BCUT2D eigenvalue weighted by molar-refractivity contribution is 5.43. The molecule has 1 aliphatic heterocycles.